The van der Waals surface area contributed by atoms with Gasteiger partial charge in [0.25, 0.3) is 5.91 Å². The molecule has 0 radical (unpaired) electrons. The molecule has 1 heterocycles. The summed E-state index contributed by atoms with van der Waals surface area (Å²) in [5, 5.41) is 8.42. The summed E-state index contributed by atoms with van der Waals surface area (Å²) in [6.07, 6.45) is 7.70. The number of amides is 5. The monoisotopic (exact) mass is 693 g/mol. The summed E-state index contributed by atoms with van der Waals surface area (Å²) < 4.78 is 5.63. The number of hydrogen-bond acceptors (Lipinski definition) is 7. The van der Waals surface area contributed by atoms with E-state index in [-0.39, 0.29) is 30.9 Å². The van der Waals surface area contributed by atoms with E-state index in [1.54, 1.807) is 6.08 Å². The van der Waals surface area contributed by atoms with E-state index in [4.69, 9.17) is 10.5 Å². The van der Waals surface area contributed by atoms with Gasteiger partial charge in [0.2, 0.25) is 17.6 Å². The van der Waals surface area contributed by atoms with Crippen molar-refractivity contribution >= 4 is 35.5 Å². The van der Waals surface area contributed by atoms with Gasteiger partial charge in [-0.1, -0.05) is 96.7 Å². The molecule has 2 unspecified atom stereocenters. The molecule has 1 aromatic rings. The number of ether oxygens (including phenoxy) is 1. The molecule has 274 valence electrons. The molecule has 50 heavy (non-hydrogen) atoms. The minimum Gasteiger partial charge on any atom is -0.459 e. The molecule has 5 N–H and O–H groups in total. The predicted molar refractivity (Wildman–Crippen MR) is 188 cm³/mol. The Hall–Kier alpha value is -4.22. The molecule has 2 aliphatic carbocycles. The van der Waals surface area contributed by atoms with Crippen LogP contribution in [0.4, 0.5) is 4.79 Å². The van der Waals surface area contributed by atoms with Gasteiger partial charge in [-0.05, 0) is 59.8 Å². The van der Waals surface area contributed by atoms with Gasteiger partial charge in [-0.25, -0.2) is 9.59 Å². The lowest BCUT2D eigenvalue weighted by atomic mass is 9.74. The number of allylic oxidation sites excluding steroid dienone is 1. The van der Waals surface area contributed by atoms with Crippen molar-refractivity contribution in [1.82, 2.24) is 20.9 Å². The lowest BCUT2D eigenvalue weighted by molar-refractivity contribution is -0.148. The fourth-order valence-electron chi connectivity index (χ4n) is 7.25. The molecule has 3 fully saturated rings. The maximum absolute atomic E-state index is 14.5. The van der Waals surface area contributed by atoms with Crippen molar-refractivity contribution in [2.24, 2.45) is 34.3 Å². The van der Waals surface area contributed by atoms with E-state index < -0.39 is 70.5 Å². The number of likely N-dealkylation sites (tertiary alicyclic amines) is 1. The highest BCUT2D eigenvalue weighted by Crippen LogP contribution is 2.41. The van der Waals surface area contributed by atoms with Crippen molar-refractivity contribution in [2.75, 3.05) is 6.54 Å². The number of primary amides is 1. The third kappa shape index (κ3) is 9.72. The van der Waals surface area contributed by atoms with Gasteiger partial charge < -0.3 is 31.3 Å². The largest absolute Gasteiger partial charge is 0.459 e. The maximum atomic E-state index is 14.5. The van der Waals surface area contributed by atoms with E-state index in [1.165, 1.54) is 4.90 Å². The average Bonchev–Trinajstić information content (AvgIpc) is 3.51. The van der Waals surface area contributed by atoms with Crippen LogP contribution in [0.15, 0.2) is 43.0 Å². The highest BCUT2D eigenvalue weighted by atomic mass is 16.5. The maximum Gasteiger partial charge on any atom is 0.329 e. The Bertz CT molecular complexity index is 1430. The SMILES string of the molecule is C=CC(C)(C)C1CCN(C(=O)[C@@H](NC(=O)N[C@H](C(=O)OCc2ccccc2)C2CCCC2)C(C)(C)C)[C@@H]1C(=O)NC(CC1CC1)C(=O)C(N)=O. The molecule has 12 heteroatoms. The summed E-state index contributed by atoms with van der Waals surface area (Å²) in [7, 11) is 0. The number of benzene rings is 1. The summed E-state index contributed by atoms with van der Waals surface area (Å²) in [5.74, 6) is -3.82. The van der Waals surface area contributed by atoms with Crippen LogP contribution in [0.25, 0.3) is 0 Å². The molecule has 1 aliphatic heterocycles. The second kappa shape index (κ2) is 16.2. The van der Waals surface area contributed by atoms with Crippen molar-refractivity contribution in [3.05, 3.63) is 48.6 Å². The minimum absolute atomic E-state index is 0.0719. The van der Waals surface area contributed by atoms with Gasteiger partial charge in [0.05, 0.1) is 6.04 Å². The molecule has 4 rings (SSSR count). The van der Waals surface area contributed by atoms with Crippen molar-refractivity contribution < 1.29 is 33.5 Å². The highest BCUT2D eigenvalue weighted by molar-refractivity contribution is 6.37. The first-order chi connectivity index (χ1) is 23.5. The number of nitrogens with zero attached hydrogens (tertiary/aromatic N) is 1. The number of carbonyl (C=O) groups is 6. The number of nitrogens with one attached hydrogen (secondary N) is 3. The molecule has 2 saturated carbocycles. The van der Waals surface area contributed by atoms with Crippen molar-refractivity contribution in [3.8, 4) is 0 Å². The van der Waals surface area contributed by atoms with Crippen LogP contribution in [0.5, 0.6) is 0 Å². The summed E-state index contributed by atoms with van der Waals surface area (Å²) in [6, 6.07) is 4.53. The van der Waals surface area contributed by atoms with E-state index in [0.717, 1.165) is 44.1 Å². The third-order valence-electron chi connectivity index (χ3n) is 10.6. The van der Waals surface area contributed by atoms with Crippen LogP contribution in [0.3, 0.4) is 0 Å². The average molecular weight is 694 g/mol. The summed E-state index contributed by atoms with van der Waals surface area (Å²) in [4.78, 5) is 81.7. The Morgan fingerprint density at radius 1 is 0.940 bits per heavy atom. The molecule has 5 atom stereocenters. The van der Waals surface area contributed by atoms with E-state index >= 15 is 0 Å². The fraction of sp³-hybridized carbons (Fsp3) is 0.632. The Kier molecular flexibility index (Phi) is 12.5. The molecule has 1 saturated heterocycles. The first-order valence-electron chi connectivity index (χ1n) is 17.9. The molecule has 3 aliphatic rings. The number of esters is 1. The Morgan fingerprint density at radius 3 is 2.14 bits per heavy atom. The summed E-state index contributed by atoms with van der Waals surface area (Å²) in [6.45, 7) is 13.6. The van der Waals surface area contributed by atoms with Gasteiger partial charge in [-0.2, -0.15) is 0 Å². The van der Waals surface area contributed by atoms with E-state index in [1.807, 2.05) is 65.0 Å². The summed E-state index contributed by atoms with van der Waals surface area (Å²) in [5.41, 5.74) is 4.79. The molecule has 5 amide bonds. The Balaban J connectivity index is 1.54. The molecule has 1 aromatic carbocycles. The standard InChI is InChI=1S/C38H55N5O7/c1-7-38(5,6)26-19-20-43(29(26)33(46)40-27(21-23-17-18-23)30(44)32(39)45)34(47)31(37(2,3)4)42-36(49)41-28(25-15-11-12-16-25)35(48)50-22-24-13-9-8-10-14-24/h7-10,13-14,23,25-29,31H,1,11-12,15-22H2,2-6H3,(H2,39,45)(H,40,46)(H2,41,42,49)/t26?,27?,28-,29-,31+/m0/s1. The summed E-state index contributed by atoms with van der Waals surface area (Å²) >= 11 is 0. The van der Waals surface area contributed by atoms with E-state index in [0.29, 0.717) is 12.8 Å². The predicted octanol–water partition coefficient (Wildman–Crippen LogP) is 3.77. The van der Waals surface area contributed by atoms with Gasteiger partial charge in [-0.3, -0.25) is 19.2 Å². The van der Waals surface area contributed by atoms with Gasteiger partial charge in [-0.15, -0.1) is 6.58 Å². The fourth-order valence-corrected chi connectivity index (χ4v) is 7.25. The molecule has 0 aromatic heterocycles. The Morgan fingerprint density at radius 2 is 1.58 bits per heavy atom. The molecule has 0 bridgehead atoms. The van der Waals surface area contributed by atoms with Crippen LogP contribution in [0.1, 0.15) is 91.5 Å². The van der Waals surface area contributed by atoms with Crippen LogP contribution in [-0.4, -0.2) is 71.1 Å². The molecule has 12 nitrogen and oxygen atoms in total. The number of urea groups is 1. The zero-order valence-corrected chi connectivity index (χ0v) is 30.2. The normalized spacial score (nSPS) is 21.4. The first-order valence-corrected chi connectivity index (χ1v) is 17.9. The van der Waals surface area contributed by atoms with Crippen molar-refractivity contribution in [2.45, 2.75) is 117 Å². The zero-order valence-electron chi connectivity index (χ0n) is 30.2. The minimum atomic E-state index is -1.12. The first kappa shape index (κ1) is 38.6. The van der Waals surface area contributed by atoms with Crippen LogP contribution in [0, 0.1) is 28.6 Å². The van der Waals surface area contributed by atoms with Gasteiger partial charge >= 0.3 is 12.0 Å². The number of carbonyl (C=O) groups excluding carboxylic acids is 6. The topological polar surface area (TPSA) is 177 Å². The number of nitrogens with two attached hydrogens (primary N) is 1. The smallest absolute Gasteiger partial charge is 0.329 e. The van der Waals surface area contributed by atoms with Gasteiger partial charge in [0, 0.05) is 6.54 Å². The highest BCUT2D eigenvalue weighted by Gasteiger charge is 2.51. The second-order valence-corrected chi connectivity index (χ2v) is 15.9. The van der Waals surface area contributed by atoms with Crippen molar-refractivity contribution in [1.29, 1.82) is 0 Å². The molecular formula is C38H55N5O7. The van der Waals surface area contributed by atoms with E-state index in [9.17, 15) is 28.8 Å². The molecular weight excluding hydrogens is 638 g/mol. The number of ketones is 1. The third-order valence-corrected chi connectivity index (χ3v) is 10.6. The van der Waals surface area contributed by atoms with E-state index in [2.05, 4.69) is 22.5 Å². The number of Topliss-reactive ketones (excluding diaryl/α,β-unsaturated/α-hetero) is 1. The van der Waals surface area contributed by atoms with Crippen LogP contribution < -0.4 is 21.7 Å². The van der Waals surface area contributed by atoms with Crippen LogP contribution in [-0.2, 0) is 35.3 Å². The number of hydrogen-bond donors (Lipinski definition) is 4. The Labute approximate surface area is 295 Å². The second-order valence-electron chi connectivity index (χ2n) is 15.9. The number of rotatable bonds is 15. The zero-order chi connectivity index (χ0) is 36.8. The van der Waals surface area contributed by atoms with Gasteiger partial charge in [0.1, 0.15) is 24.7 Å². The van der Waals surface area contributed by atoms with Crippen molar-refractivity contribution in [3.63, 3.8) is 0 Å². The van der Waals surface area contributed by atoms with Crippen LogP contribution in [0.2, 0.25) is 0 Å². The quantitative estimate of drug-likeness (QED) is 0.123. The lowest BCUT2D eigenvalue weighted by Crippen LogP contribution is -2.62. The van der Waals surface area contributed by atoms with Gasteiger partial charge in [0.15, 0.2) is 0 Å². The molecule has 0 spiro atoms. The lowest BCUT2D eigenvalue weighted by Gasteiger charge is -2.39. The van der Waals surface area contributed by atoms with Crippen LogP contribution >= 0.6 is 0 Å².